The highest BCUT2D eigenvalue weighted by molar-refractivity contribution is 6.30. The number of pyridine rings is 1. The Bertz CT molecular complexity index is 541. The molecular weight excluding hydrogens is 276 g/mol. The van der Waals surface area contributed by atoms with Gasteiger partial charge in [0.1, 0.15) is 11.9 Å². The summed E-state index contributed by atoms with van der Waals surface area (Å²) in [4.78, 5) is 14.7. The van der Waals surface area contributed by atoms with E-state index in [0.717, 1.165) is 31.7 Å². The second-order valence-corrected chi connectivity index (χ2v) is 5.12. The second kappa shape index (κ2) is 6.05. The van der Waals surface area contributed by atoms with Gasteiger partial charge in [0.05, 0.1) is 11.2 Å². The molecule has 0 aromatic carbocycles. The summed E-state index contributed by atoms with van der Waals surface area (Å²) < 4.78 is 5.82. The van der Waals surface area contributed by atoms with E-state index in [0.29, 0.717) is 10.9 Å². The van der Waals surface area contributed by atoms with Gasteiger partial charge in [-0.3, -0.25) is 4.98 Å². The molecule has 2 aromatic rings. The molecule has 0 saturated carbocycles. The second-order valence-electron chi connectivity index (χ2n) is 4.68. The fraction of sp³-hybridized carbons (Fsp3) is 0.357. The van der Waals surface area contributed by atoms with Crippen molar-refractivity contribution in [2.45, 2.75) is 18.9 Å². The van der Waals surface area contributed by atoms with Gasteiger partial charge in [0.2, 0.25) is 5.88 Å². The lowest BCUT2D eigenvalue weighted by Gasteiger charge is -2.32. The molecule has 0 unspecified atom stereocenters. The van der Waals surface area contributed by atoms with Gasteiger partial charge in [-0.2, -0.15) is 0 Å². The molecule has 1 aliphatic rings. The molecule has 0 aliphatic carbocycles. The Morgan fingerprint density at radius 3 is 2.60 bits per heavy atom. The topological polar surface area (TPSA) is 51.1 Å². The van der Waals surface area contributed by atoms with Crippen molar-refractivity contribution in [1.29, 1.82) is 0 Å². The molecule has 104 valence electrons. The van der Waals surface area contributed by atoms with Crippen LogP contribution in [0.1, 0.15) is 12.8 Å². The van der Waals surface area contributed by atoms with Crippen LogP contribution < -0.4 is 9.64 Å². The summed E-state index contributed by atoms with van der Waals surface area (Å²) in [5.74, 6) is 1.56. The van der Waals surface area contributed by atoms with Crippen LogP contribution in [0.3, 0.4) is 0 Å². The molecule has 3 rings (SSSR count). The summed E-state index contributed by atoms with van der Waals surface area (Å²) in [5.41, 5.74) is 0. The Morgan fingerprint density at radius 1 is 1.10 bits per heavy atom. The standard InChI is InChI=1S/C14H15ClN4O/c15-11-1-2-13(18-9-11)19-7-3-12(4-8-19)20-14-10-16-5-6-17-14/h1-2,5-6,9-10,12H,3-4,7-8H2. The Morgan fingerprint density at radius 2 is 1.95 bits per heavy atom. The third-order valence-electron chi connectivity index (χ3n) is 3.30. The molecule has 2 aromatic heterocycles. The van der Waals surface area contributed by atoms with Crippen molar-refractivity contribution in [2.75, 3.05) is 18.0 Å². The van der Waals surface area contributed by atoms with E-state index < -0.39 is 0 Å². The van der Waals surface area contributed by atoms with Gasteiger partial charge in [-0.15, -0.1) is 0 Å². The fourth-order valence-electron chi connectivity index (χ4n) is 2.27. The number of nitrogens with zero attached hydrogens (tertiary/aromatic N) is 4. The zero-order valence-electron chi connectivity index (χ0n) is 10.9. The average molecular weight is 291 g/mol. The molecule has 0 atom stereocenters. The molecule has 0 N–H and O–H groups in total. The minimum atomic E-state index is 0.190. The SMILES string of the molecule is Clc1ccc(N2CCC(Oc3cnccn3)CC2)nc1. The Balaban J connectivity index is 1.55. The third-order valence-corrected chi connectivity index (χ3v) is 3.53. The van der Waals surface area contributed by atoms with Gasteiger partial charge in [-0.1, -0.05) is 11.6 Å². The van der Waals surface area contributed by atoms with E-state index in [9.17, 15) is 0 Å². The summed E-state index contributed by atoms with van der Waals surface area (Å²) in [7, 11) is 0. The van der Waals surface area contributed by atoms with Crippen LogP contribution in [0.2, 0.25) is 5.02 Å². The number of ether oxygens (including phenoxy) is 1. The molecule has 1 saturated heterocycles. The fourth-order valence-corrected chi connectivity index (χ4v) is 2.39. The van der Waals surface area contributed by atoms with Gasteiger partial charge >= 0.3 is 0 Å². The molecular formula is C14H15ClN4O. The zero-order valence-corrected chi connectivity index (χ0v) is 11.7. The summed E-state index contributed by atoms with van der Waals surface area (Å²) in [5, 5.41) is 0.662. The number of hydrogen-bond acceptors (Lipinski definition) is 5. The first kappa shape index (κ1) is 13.1. The first-order valence-electron chi connectivity index (χ1n) is 6.60. The molecule has 5 nitrogen and oxygen atoms in total. The number of aromatic nitrogens is 3. The van der Waals surface area contributed by atoms with Crippen molar-refractivity contribution < 1.29 is 4.74 Å². The van der Waals surface area contributed by atoms with Crippen LogP contribution in [0, 0.1) is 0 Å². The minimum absolute atomic E-state index is 0.190. The van der Waals surface area contributed by atoms with Crippen LogP contribution in [-0.4, -0.2) is 34.1 Å². The van der Waals surface area contributed by atoms with E-state index in [2.05, 4.69) is 19.9 Å². The lowest BCUT2D eigenvalue weighted by molar-refractivity contribution is 0.163. The lowest BCUT2D eigenvalue weighted by Crippen LogP contribution is -2.38. The van der Waals surface area contributed by atoms with E-state index in [4.69, 9.17) is 16.3 Å². The summed E-state index contributed by atoms with van der Waals surface area (Å²) >= 11 is 5.85. The summed E-state index contributed by atoms with van der Waals surface area (Å²) in [6.07, 6.45) is 8.69. The van der Waals surface area contributed by atoms with Crippen LogP contribution in [0.25, 0.3) is 0 Å². The van der Waals surface area contributed by atoms with E-state index in [-0.39, 0.29) is 6.10 Å². The smallest absolute Gasteiger partial charge is 0.232 e. The molecule has 0 bridgehead atoms. The molecule has 6 heteroatoms. The summed E-state index contributed by atoms with van der Waals surface area (Å²) in [6, 6.07) is 3.82. The average Bonchev–Trinajstić information content (AvgIpc) is 2.50. The molecule has 0 amide bonds. The monoisotopic (exact) mass is 290 g/mol. The van der Waals surface area contributed by atoms with Crippen LogP contribution in [-0.2, 0) is 0 Å². The largest absolute Gasteiger partial charge is 0.473 e. The first-order chi connectivity index (χ1) is 9.81. The highest BCUT2D eigenvalue weighted by Gasteiger charge is 2.21. The van der Waals surface area contributed by atoms with Crippen LogP contribution >= 0.6 is 11.6 Å². The van der Waals surface area contributed by atoms with E-state index in [1.54, 1.807) is 24.8 Å². The van der Waals surface area contributed by atoms with Crippen molar-refractivity contribution in [3.8, 4) is 5.88 Å². The highest BCUT2D eigenvalue weighted by atomic mass is 35.5. The van der Waals surface area contributed by atoms with Crippen LogP contribution in [0.5, 0.6) is 5.88 Å². The van der Waals surface area contributed by atoms with E-state index >= 15 is 0 Å². The van der Waals surface area contributed by atoms with Gasteiger partial charge in [-0.25, -0.2) is 9.97 Å². The zero-order chi connectivity index (χ0) is 13.8. The quantitative estimate of drug-likeness (QED) is 0.869. The van der Waals surface area contributed by atoms with E-state index in [1.807, 2.05) is 12.1 Å². The Kier molecular flexibility index (Phi) is 3.97. The van der Waals surface area contributed by atoms with Gasteiger partial charge in [-0.05, 0) is 12.1 Å². The Labute approximate surface area is 122 Å². The van der Waals surface area contributed by atoms with Crippen molar-refractivity contribution in [3.63, 3.8) is 0 Å². The molecule has 1 aliphatic heterocycles. The number of hydrogen-bond donors (Lipinski definition) is 0. The maximum atomic E-state index is 5.85. The molecule has 20 heavy (non-hydrogen) atoms. The number of piperidine rings is 1. The summed E-state index contributed by atoms with van der Waals surface area (Å²) in [6.45, 7) is 1.83. The molecule has 0 spiro atoms. The Hall–Kier alpha value is -1.88. The normalized spacial score (nSPS) is 16.1. The molecule has 1 fully saturated rings. The van der Waals surface area contributed by atoms with Gasteiger partial charge in [0.15, 0.2) is 0 Å². The van der Waals surface area contributed by atoms with Crippen molar-refractivity contribution in [1.82, 2.24) is 15.0 Å². The lowest BCUT2D eigenvalue weighted by atomic mass is 10.1. The predicted molar refractivity (Wildman–Crippen MR) is 77.1 cm³/mol. The maximum absolute atomic E-state index is 5.85. The van der Waals surface area contributed by atoms with Gasteiger partial charge in [0, 0.05) is 44.5 Å². The molecule has 0 radical (unpaired) electrons. The maximum Gasteiger partial charge on any atom is 0.232 e. The third kappa shape index (κ3) is 3.17. The van der Waals surface area contributed by atoms with Crippen molar-refractivity contribution >= 4 is 17.4 Å². The highest BCUT2D eigenvalue weighted by Crippen LogP contribution is 2.21. The van der Waals surface area contributed by atoms with Crippen LogP contribution in [0.4, 0.5) is 5.82 Å². The number of anilines is 1. The van der Waals surface area contributed by atoms with Gasteiger partial charge < -0.3 is 9.64 Å². The van der Waals surface area contributed by atoms with Crippen molar-refractivity contribution in [3.05, 3.63) is 41.9 Å². The number of rotatable bonds is 3. The predicted octanol–water partition coefficient (Wildman–Crippen LogP) is 2.57. The minimum Gasteiger partial charge on any atom is -0.473 e. The van der Waals surface area contributed by atoms with Crippen LogP contribution in [0.15, 0.2) is 36.9 Å². The molecule has 3 heterocycles. The first-order valence-corrected chi connectivity index (χ1v) is 6.98. The van der Waals surface area contributed by atoms with Crippen molar-refractivity contribution in [2.24, 2.45) is 0 Å². The van der Waals surface area contributed by atoms with E-state index in [1.165, 1.54) is 0 Å². The number of halogens is 1. The van der Waals surface area contributed by atoms with Gasteiger partial charge in [0.25, 0.3) is 0 Å².